The van der Waals surface area contributed by atoms with Crippen LogP contribution in [0.2, 0.25) is 0 Å². The van der Waals surface area contributed by atoms with Gasteiger partial charge in [0.15, 0.2) is 6.10 Å². The van der Waals surface area contributed by atoms with E-state index in [9.17, 15) is 9.59 Å². The smallest absolute Gasteiger partial charge is 0.338 e. The van der Waals surface area contributed by atoms with Crippen LogP contribution in [0.15, 0.2) is 182 Å². The molecule has 0 spiro atoms. The second kappa shape index (κ2) is 15.2. The van der Waals surface area contributed by atoms with Gasteiger partial charge in [0.25, 0.3) is 0 Å². The molecule has 0 radical (unpaired) electrons. The first-order chi connectivity index (χ1) is 26.5. The Morgan fingerprint density at radius 3 is 1.35 bits per heavy atom. The van der Waals surface area contributed by atoms with E-state index in [0.29, 0.717) is 11.1 Å². The summed E-state index contributed by atoms with van der Waals surface area (Å²) < 4.78 is 13.2. The van der Waals surface area contributed by atoms with Crippen molar-refractivity contribution in [1.82, 2.24) is 0 Å². The number of hydrogen-bond donors (Lipinski definition) is 0. The predicted molar refractivity (Wildman–Crippen MR) is 215 cm³/mol. The summed E-state index contributed by atoms with van der Waals surface area (Å²) in [6.07, 6.45) is -1.67. The molecule has 0 saturated carbocycles. The van der Waals surface area contributed by atoms with Crippen LogP contribution in [0.25, 0.3) is 33.4 Å². The van der Waals surface area contributed by atoms with Gasteiger partial charge in [-0.25, -0.2) is 9.59 Å². The summed E-state index contributed by atoms with van der Waals surface area (Å²) in [5.41, 5.74) is 11.4. The van der Waals surface area contributed by atoms with Gasteiger partial charge in [-0.15, -0.1) is 0 Å². The molecule has 0 aromatic heterocycles. The fraction of sp³-hybridized carbons (Fsp3) is 0.120. The van der Waals surface area contributed by atoms with Gasteiger partial charge in [-0.3, -0.25) is 0 Å². The third kappa shape index (κ3) is 6.87. The molecule has 1 aliphatic rings. The molecule has 0 heterocycles. The van der Waals surface area contributed by atoms with Crippen LogP contribution in [-0.2, 0) is 9.47 Å². The molecule has 7 aromatic rings. The Balaban J connectivity index is 1.39. The van der Waals surface area contributed by atoms with Gasteiger partial charge < -0.3 is 9.47 Å². The first kappa shape index (κ1) is 34.6. The number of carbonyl (C=O) groups is 2. The molecule has 0 aliphatic heterocycles. The zero-order chi connectivity index (χ0) is 37.0. The standard InChI is InChI=1S/C50H40O4/c1-33-28-29-40(35-18-8-3-9-19-35)30-41(33)46-45-32-44(37-22-12-5-13-23-37)43(36-20-10-4-11-21-36)31-42(45)34(2)47(53-49(51)38-24-14-6-15-25-38)48(46)54-50(52)39-26-16-7-17-27-39/h3-32,34,46-48H,1-2H3. The lowest BCUT2D eigenvalue weighted by Gasteiger charge is -2.43. The Bertz CT molecular complexity index is 2390. The molecule has 0 bridgehead atoms. The van der Waals surface area contributed by atoms with Gasteiger partial charge >= 0.3 is 11.9 Å². The molecule has 0 saturated heterocycles. The fourth-order valence-electron chi connectivity index (χ4n) is 7.80. The number of ether oxygens (including phenoxy) is 2. The first-order valence-electron chi connectivity index (χ1n) is 18.4. The van der Waals surface area contributed by atoms with Gasteiger partial charge in [0.1, 0.15) is 6.10 Å². The second-order valence-corrected chi connectivity index (χ2v) is 13.9. The molecule has 0 N–H and O–H groups in total. The van der Waals surface area contributed by atoms with E-state index in [2.05, 4.69) is 105 Å². The Kier molecular flexibility index (Phi) is 9.74. The quantitative estimate of drug-likeness (QED) is 0.148. The van der Waals surface area contributed by atoms with E-state index < -0.39 is 30.1 Å². The Morgan fingerprint density at radius 1 is 0.426 bits per heavy atom. The number of esters is 2. The molecule has 0 amide bonds. The zero-order valence-corrected chi connectivity index (χ0v) is 30.3. The summed E-state index contributed by atoms with van der Waals surface area (Å²) in [5, 5.41) is 0. The van der Waals surface area contributed by atoms with Crippen molar-refractivity contribution in [2.45, 2.75) is 37.9 Å². The van der Waals surface area contributed by atoms with Gasteiger partial charge in [-0.2, -0.15) is 0 Å². The lowest BCUT2D eigenvalue weighted by atomic mass is 9.68. The van der Waals surface area contributed by atoms with E-state index in [1.54, 1.807) is 24.3 Å². The molecular formula is C50H40O4. The fourth-order valence-corrected chi connectivity index (χ4v) is 7.80. The first-order valence-corrected chi connectivity index (χ1v) is 18.4. The van der Waals surface area contributed by atoms with E-state index in [1.807, 2.05) is 66.7 Å². The Morgan fingerprint density at radius 2 is 0.852 bits per heavy atom. The van der Waals surface area contributed by atoms with Crippen LogP contribution in [-0.4, -0.2) is 24.1 Å². The van der Waals surface area contributed by atoms with Crippen molar-refractivity contribution in [1.29, 1.82) is 0 Å². The van der Waals surface area contributed by atoms with Crippen molar-refractivity contribution in [2.75, 3.05) is 0 Å². The van der Waals surface area contributed by atoms with Crippen LogP contribution in [0.3, 0.4) is 0 Å². The number of carbonyl (C=O) groups excluding carboxylic acids is 2. The highest BCUT2D eigenvalue weighted by Crippen LogP contribution is 2.50. The summed E-state index contributed by atoms with van der Waals surface area (Å²) >= 11 is 0. The predicted octanol–water partition coefficient (Wildman–Crippen LogP) is 11.7. The topological polar surface area (TPSA) is 52.6 Å². The number of benzene rings is 7. The summed E-state index contributed by atoms with van der Waals surface area (Å²) in [4.78, 5) is 28.1. The SMILES string of the molecule is Cc1ccc(-c2ccccc2)cc1C1c2cc(-c3ccccc3)c(-c3ccccc3)cc2C(C)C(OC(=O)c2ccccc2)C1OC(=O)c1ccccc1. The van der Waals surface area contributed by atoms with Crippen LogP contribution < -0.4 is 0 Å². The van der Waals surface area contributed by atoms with E-state index in [1.165, 1.54) is 0 Å². The summed E-state index contributed by atoms with van der Waals surface area (Å²) in [5.74, 6) is -1.74. The molecule has 4 heteroatoms. The van der Waals surface area contributed by atoms with Crippen LogP contribution >= 0.6 is 0 Å². The van der Waals surface area contributed by atoms with Crippen molar-refractivity contribution in [3.05, 3.63) is 215 Å². The molecule has 4 unspecified atom stereocenters. The molecule has 4 atom stereocenters. The van der Waals surface area contributed by atoms with Crippen LogP contribution in [0, 0.1) is 6.92 Å². The number of aryl methyl sites for hydroxylation is 1. The highest BCUT2D eigenvalue weighted by atomic mass is 16.6. The van der Waals surface area contributed by atoms with Gasteiger partial charge in [0, 0.05) is 5.92 Å². The molecule has 8 rings (SSSR count). The van der Waals surface area contributed by atoms with Gasteiger partial charge in [0.2, 0.25) is 0 Å². The average Bonchev–Trinajstić information content (AvgIpc) is 3.24. The van der Waals surface area contributed by atoms with Crippen molar-refractivity contribution in [2.24, 2.45) is 0 Å². The molecule has 54 heavy (non-hydrogen) atoms. The summed E-state index contributed by atoms with van der Waals surface area (Å²) in [7, 11) is 0. The largest absolute Gasteiger partial charge is 0.454 e. The molecule has 264 valence electrons. The van der Waals surface area contributed by atoms with Crippen LogP contribution in [0.5, 0.6) is 0 Å². The van der Waals surface area contributed by atoms with Gasteiger partial charge in [0.05, 0.1) is 17.0 Å². The number of hydrogen-bond acceptors (Lipinski definition) is 4. The van der Waals surface area contributed by atoms with E-state index >= 15 is 0 Å². The molecular weight excluding hydrogens is 665 g/mol. The van der Waals surface area contributed by atoms with E-state index in [0.717, 1.165) is 55.6 Å². The van der Waals surface area contributed by atoms with Gasteiger partial charge in [-0.1, -0.05) is 153 Å². The normalized spacial score (nSPS) is 17.6. The van der Waals surface area contributed by atoms with E-state index in [4.69, 9.17) is 9.47 Å². The summed E-state index contributed by atoms with van der Waals surface area (Å²) in [6.45, 7) is 4.17. The minimum Gasteiger partial charge on any atom is -0.454 e. The minimum absolute atomic E-state index is 0.331. The third-order valence-electron chi connectivity index (χ3n) is 10.6. The Hall–Kier alpha value is -6.52. The summed E-state index contributed by atoms with van der Waals surface area (Å²) in [6, 6.07) is 60.1. The maximum Gasteiger partial charge on any atom is 0.338 e. The monoisotopic (exact) mass is 704 g/mol. The molecule has 4 nitrogen and oxygen atoms in total. The zero-order valence-electron chi connectivity index (χ0n) is 30.3. The lowest BCUT2D eigenvalue weighted by molar-refractivity contribution is -0.0532. The Labute approximate surface area is 316 Å². The third-order valence-corrected chi connectivity index (χ3v) is 10.6. The van der Waals surface area contributed by atoms with Crippen LogP contribution in [0.4, 0.5) is 0 Å². The molecule has 0 fully saturated rings. The van der Waals surface area contributed by atoms with Crippen molar-refractivity contribution >= 4 is 11.9 Å². The number of rotatable bonds is 8. The number of fused-ring (bicyclic) bond motifs is 1. The maximum atomic E-state index is 14.1. The van der Waals surface area contributed by atoms with Crippen molar-refractivity contribution in [3.8, 4) is 33.4 Å². The minimum atomic E-state index is -0.858. The van der Waals surface area contributed by atoms with Crippen molar-refractivity contribution < 1.29 is 19.1 Å². The average molecular weight is 705 g/mol. The molecule has 1 aliphatic carbocycles. The van der Waals surface area contributed by atoms with Gasteiger partial charge in [-0.05, 0) is 99.0 Å². The van der Waals surface area contributed by atoms with Crippen molar-refractivity contribution in [3.63, 3.8) is 0 Å². The maximum absolute atomic E-state index is 14.1. The van der Waals surface area contributed by atoms with E-state index in [-0.39, 0.29) is 5.92 Å². The van der Waals surface area contributed by atoms with Crippen LogP contribution in [0.1, 0.15) is 61.7 Å². The molecule has 7 aromatic carbocycles. The highest BCUT2D eigenvalue weighted by molar-refractivity contribution is 5.91. The highest BCUT2D eigenvalue weighted by Gasteiger charge is 2.47. The lowest BCUT2D eigenvalue weighted by Crippen LogP contribution is -2.47. The second-order valence-electron chi connectivity index (χ2n) is 13.9.